The van der Waals surface area contributed by atoms with Gasteiger partial charge in [0.05, 0.1) is 0 Å². The number of methoxy groups -OCH3 is 1. The minimum atomic E-state index is -0.0879. The maximum atomic E-state index is 6.22. The second kappa shape index (κ2) is 7.32. The summed E-state index contributed by atoms with van der Waals surface area (Å²) in [6.45, 7) is 7.12. The molecule has 1 saturated heterocycles. The monoisotopic (exact) mass is 343 g/mol. The summed E-state index contributed by atoms with van der Waals surface area (Å²) in [6.07, 6.45) is 5.38. The molecule has 0 amide bonds. The van der Waals surface area contributed by atoms with Gasteiger partial charge >= 0.3 is 0 Å². The standard InChI is InChI=1S/C21H29NO3/c1-14-10-11-21(2,3)12-17(14)24-13-15-8-6-7-9-16(15)18(23-5)19-20(22-4)25-19/h6-11,18-20,22H,12-13H2,1-5H3. The van der Waals surface area contributed by atoms with Gasteiger partial charge in [-0.15, -0.1) is 0 Å². The van der Waals surface area contributed by atoms with E-state index in [1.165, 1.54) is 5.57 Å². The Labute approximate surface area is 150 Å². The number of likely N-dealkylation sites (N-methyl/N-ethyl adjacent to an activating group) is 1. The van der Waals surface area contributed by atoms with Gasteiger partial charge in [-0.25, -0.2) is 0 Å². The van der Waals surface area contributed by atoms with Gasteiger partial charge < -0.3 is 14.2 Å². The van der Waals surface area contributed by atoms with E-state index in [1.54, 1.807) is 7.11 Å². The Morgan fingerprint density at radius 1 is 1.32 bits per heavy atom. The maximum Gasteiger partial charge on any atom is 0.138 e. The van der Waals surface area contributed by atoms with Crippen LogP contribution in [0, 0.1) is 5.41 Å². The van der Waals surface area contributed by atoms with Crippen LogP contribution in [0.1, 0.15) is 44.4 Å². The molecule has 25 heavy (non-hydrogen) atoms. The van der Waals surface area contributed by atoms with E-state index in [4.69, 9.17) is 14.2 Å². The molecular formula is C21H29NO3. The average Bonchev–Trinajstić information content (AvgIpc) is 3.37. The average molecular weight is 343 g/mol. The third-order valence-electron chi connectivity index (χ3n) is 4.97. The molecule has 2 aliphatic rings. The largest absolute Gasteiger partial charge is 0.493 e. The molecule has 0 bridgehead atoms. The zero-order chi connectivity index (χ0) is 18.0. The highest BCUT2D eigenvalue weighted by Gasteiger charge is 2.45. The fourth-order valence-corrected chi connectivity index (χ4v) is 3.35. The van der Waals surface area contributed by atoms with Crippen LogP contribution in [0.5, 0.6) is 0 Å². The third-order valence-corrected chi connectivity index (χ3v) is 4.97. The Kier molecular flexibility index (Phi) is 5.32. The van der Waals surface area contributed by atoms with Crippen LogP contribution in [-0.2, 0) is 20.8 Å². The van der Waals surface area contributed by atoms with Gasteiger partial charge in [-0.05, 0) is 36.1 Å². The summed E-state index contributed by atoms with van der Waals surface area (Å²) in [4.78, 5) is 0. The fraction of sp³-hybridized carbons (Fsp3) is 0.524. The maximum absolute atomic E-state index is 6.22. The molecule has 0 spiro atoms. The number of benzene rings is 1. The number of hydrogen-bond donors (Lipinski definition) is 1. The molecule has 1 aromatic carbocycles. The first-order chi connectivity index (χ1) is 11.9. The predicted octanol–water partition coefficient (Wildman–Crippen LogP) is 4.10. The number of nitrogens with one attached hydrogen (secondary N) is 1. The van der Waals surface area contributed by atoms with E-state index in [0.717, 1.165) is 23.3 Å². The first kappa shape index (κ1) is 18.2. The second-order valence-electron chi connectivity index (χ2n) is 7.56. The van der Waals surface area contributed by atoms with Gasteiger partial charge in [-0.1, -0.05) is 50.3 Å². The van der Waals surface area contributed by atoms with Crippen molar-refractivity contribution in [1.29, 1.82) is 0 Å². The Bertz CT molecular complexity index is 677. The number of rotatable bonds is 7. The van der Waals surface area contributed by atoms with Crippen LogP contribution in [0.25, 0.3) is 0 Å². The minimum absolute atomic E-state index is 0.0497. The van der Waals surface area contributed by atoms with E-state index in [2.05, 4.69) is 50.4 Å². The van der Waals surface area contributed by atoms with Crippen molar-refractivity contribution in [2.24, 2.45) is 5.41 Å². The molecular weight excluding hydrogens is 314 g/mol. The van der Waals surface area contributed by atoms with Gasteiger partial charge in [0.2, 0.25) is 0 Å². The predicted molar refractivity (Wildman–Crippen MR) is 98.9 cm³/mol. The van der Waals surface area contributed by atoms with Crippen molar-refractivity contribution in [1.82, 2.24) is 5.32 Å². The molecule has 3 atom stereocenters. The SMILES string of the molecule is CNC1OC1C(OC)c1ccccc1COC1=C(C)C=CC(C)(C)C1. The molecule has 0 radical (unpaired) electrons. The number of epoxide rings is 1. The smallest absolute Gasteiger partial charge is 0.138 e. The van der Waals surface area contributed by atoms with E-state index in [-0.39, 0.29) is 23.9 Å². The van der Waals surface area contributed by atoms with E-state index in [0.29, 0.717) is 6.61 Å². The van der Waals surface area contributed by atoms with Crippen molar-refractivity contribution in [2.45, 2.75) is 52.2 Å². The summed E-state index contributed by atoms with van der Waals surface area (Å²) < 4.78 is 17.6. The Morgan fingerprint density at radius 2 is 2.08 bits per heavy atom. The molecule has 136 valence electrons. The van der Waals surface area contributed by atoms with Crippen LogP contribution in [0.2, 0.25) is 0 Å². The van der Waals surface area contributed by atoms with Crippen molar-refractivity contribution < 1.29 is 14.2 Å². The van der Waals surface area contributed by atoms with Gasteiger partial charge in [0.15, 0.2) is 0 Å². The molecule has 1 heterocycles. The van der Waals surface area contributed by atoms with Crippen LogP contribution in [0.15, 0.2) is 47.7 Å². The quantitative estimate of drug-likeness (QED) is 0.757. The molecule has 0 saturated carbocycles. The molecule has 1 aromatic rings. The molecule has 1 aliphatic heterocycles. The topological polar surface area (TPSA) is 43.0 Å². The van der Waals surface area contributed by atoms with Crippen LogP contribution in [-0.4, -0.2) is 26.5 Å². The molecule has 0 aromatic heterocycles. The summed E-state index contributed by atoms with van der Waals surface area (Å²) >= 11 is 0. The number of hydrogen-bond acceptors (Lipinski definition) is 4. The van der Waals surface area contributed by atoms with Crippen molar-refractivity contribution in [3.05, 3.63) is 58.9 Å². The zero-order valence-corrected chi connectivity index (χ0v) is 15.8. The fourth-order valence-electron chi connectivity index (χ4n) is 3.35. The van der Waals surface area contributed by atoms with E-state index >= 15 is 0 Å². The van der Waals surface area contributed by atoms with Gasteiger partial charge in [0.1, 0.15) is 30.8 Å². The van der Waals surface area contributed by atoms with Gasteiger partial charge in [0, 0.05) is 13.5 Å². The lowest BCUT2D eigenvalue weighted by Crippen LogP contribution is -2.20. The molecule has 1 aliphatic carbocycles. The molecule has 1 N–H and O–H groups in total. The van der Waals surface area contributed by atoms with Crippen LogP contribution >= 0.6 is 0 Å². The molecule has 3 rings (SSSR count). The lowest BCUT2D eigenvalue weighted by Gasteiger charge is -2.27. The lowest BCUT2D eigenvalue weighted by atomic mass is 9.83. The van der Waals surface area contributed by atoms with Crippen molar-refractivity contribution in [2.75, 3.05) is 14.2 Å². The Morgan fingerprint density at radius 3 is 2.76 bits per heavy atom. The lowest BCUT2D eigenvalue weighted by molar-refractivity contribution is 0.0733. The van der Waals surface area contributed by atoms with Gasteiger partial charge in [0.25, 0.3) is 0 Å². The van der Waals surface area contributed by atoms with Crippen LogP contribution in [0.3, 0.4) is 0 Å². The molecule has 4 nitrogen and oxygen atoms in total. The number of ether oxygens (including phenoxy) is 3. The van der Waals surface area contributed by atoms with Crippen molar-refractivity contribution in [3.63, 3.8) is 0 Å². The summed E-state index contributed by atoms with van der Waals surface area (Å²) in [5.74, 6) is 1.08. The van der Waals surface area contributed by atoms with E-state index < -0.39 is 0 Å². The Balaban J connectivity index is 1.74. The zero-order valence-electron chi connectivity index (χ0n) is 15.8. The first-order valence-corrected chi connectivity index (χ1v) is 8.90. The van der Waals surface area contributed by atoms with Gasteiger partial charge in [-0.2, -0.15) is 0 Å². The van der Waals surface area contributed by atoms with Gasteiger partial charge in [-0.3, -0.25) is 5.32 Å². The highest BCUT2D eigenvalue weighted by atomic mass is 16.6. The van der Waals surface area contributed by atoms with Crippen LogP contribution < -0.4 is 5.32 Å². The third kappa shape index (κ3) is 4.14. The summed E-state index contributed by atoms with van der Waals surface area (Å²) in [7, 11) is 3.64. The van der Waals surface area contributed by atoms with Crippen LogP contribution in [0.4, 0.5) is 0 Å². The first-order valence-electron chi connectivity index (χ1n) is 8.90. The van der Waals surface area contributed by atoms with Crippen molar-refractivity contribution in [3.8, 4) is 0 Å². The summed E-state index contributed by atoms with van der Waals surface area (Å²) in [5, 5.41) is 3.14. The molecule has 4 heteroatoms. The summed E-state index contributed by atoms with van der Waals surface area (Å²) in [6, 6.07) is 8.30. The number of allylic oxidation sites excluding steroid dienone is 4. The molecule has 1 fully saturated rings. The highest BCUT2D eigenvalue weighted by Crippen LogP contribution is 2.38. The van der Waals surface area contributed by atoms with E-state index in [1.807, 2.05) is 19.2 Å². The second-order valence-corrected chi connectivity index (χ2v) is 7.56. The minimum Gasteiger partial charge on any atom is -0.493 e. The molecule has 3 unspecified atom stereocenters. The Hall–Kier alpha value is -1.62. The van der Waals surface area contributed by atoms with E-state index in [9.17, 15) is 0 Å². The summed E-state index contributed by atoms with van der Waals surface area (Å²) in [5.41, 5.74) is 3.63. The normalized spacial score (nSPS) is 25.8. The highest BCUT2D eigenvalue weighted by molar-refractivity contribution is 5.32. The van der Waals surface area contributed by atoms with Crippen molar-refractivity contribution >= 4 is 0 Å².